The summed E-state index contributed by atoms with van der Waals surface area (Å²) in [5, 5.41) is 18.9. The maximum atomic E-state index is 4.00. The van der Waals surface area contributed by atoms with Crippen LogP contribution in [0.2, 0.25) is 0 Å². The molecular formula is C9H7N7. The van der Waals surface area contributed by atoms with Crippen molar-refractivity contribution in [2.24, 2.45) is 0 Å². The average molecular weight is 213 g/mol. The lowest BCUT2D eigenvalue weighted by atomic mass is 10.3. The Morgan fingerprint density at radius 3 is 2.88 bits per heavy atom. The number of para-hydroxylation sites is 1. The predicted octanol–water partition coefficient (Wildman–Crippen LogP) is 0.491. The zero-order chi connectivity index (χ0) is 10.8. The van der Waals surface area contributed by atoms with Gasteiger partial charge in [-0.05, 0) is 22.6 Å². The molecule has 0 spiro atoms. The Morgan fingerprint density at radius 2 is 2.00 bits per heavy atom. The fourth-order valence-corrected chi connectivity index (χ4v) is 1.36. The zero-order valence-corrected chi connectivity index (χ0v) is 8.15. The summed E-state index contributed by atoms with van der Waals surface area (Å²) in [6.45, 7) is 0. The molecule has 3 aromatic rings. The summed E-state index contributed by atoms with van der Waals surface area (Å²) in [7, 11) is 0. The van der Waals surface area contributed by atoms with Gasteiger partial charge in [-0.3, -0.25) is 5.43 Å². The van der Waals surface area contributed by atoms with Gasteiger partial charge in [0.15, 0.2) is 5.82 Å². The molecule has 3 rings (SSSR count). The molecule has 2 heterocycles. The maximum absolute atomic E-state index is 4.00. The number of hydrogen-bond donors (Lipinski definition) is 1. The number of benzene rings is 1. The minimum absolute atomic E-state index is 0.561. The topological polar surface area (TPSA) is 81.4 Å². The van der Waals surface area contributed by atoms with Crippen LogP contribution in [0.15, 0.2) is 36.5 Å². The van der Waals surface area contributed by atoms with Gasteiger partial charge in [0.1, 0.15) is 11.0 Å². The van der Waals surface area contributed by atoms with Crippen molar-refractivity contribution in [1.82, 2.24) is 30.5 Å². The van der Waals surface area contributed by atoms with Crippen LogP contribution in [0.1, 0.15) is 0 Å². The third-order valence-corrected chi connectivity index (χ3v) is 2.08. The first-order valence-corrected chi connectivity index (χ1v) is 4.65. The van der Waals surface area contributed by atoms with Crippen molar-refractivity contribution >= 4 is 16.9 Å². The normalized spacial score (nSPS) is 10.5. The van der Waals surface area contributed by atoms with E-state index in [1.165, 1.54) is 0 Å². The first-order valence-electron chi connectivity index (χ1n) is 4.65. The first-order chi connectivity index (χ1) is 7.93. The molecule has 0 atom stereocenters. The number of anilines is 1. The van der Waals surface area contributed by atoms with E-state index < -0.39 is 0 Å². The van der Waals surface area contributed by atoms with Crippen molar-refractivity contribution in [3.05, 3.63) is 36.5 Å². The Bertz CT molecular complexity index is 603. The van der Waals surface area contributed by atoms with E-state index in [0.29, 0.717) is 5.82 Å². The van der Waals surface area contributed by atoms with Gasteiger partial charge in [0.05, 0.1) is 6.20 Å². The lowest BCUT2D eigenvalue weighted by Gasteiger charge is -2.02. The molecule has 0 aliphatic rings. The van der Waals surface area contributed by atoms with Gasteiger partial charge in [0, 0.05) is 6.07 Å². The third kappa shape index (κ3) is 1.44. The van der Waals surface area contributed by atoms with E-state index in [1.54, 1.807) is 17.1 Å². The second-order valence-electron chi connectivity index (χ2n) is 3.11. The van der Waals surface area contributed by atoms with Crippen LogP contribution in [0, 0.1) is 0 Å². The van der Waals surface area contributed by atoms with Crippen molar-refractivity contribution < 1.29 is 0 Å². The molecule has 0 bridgehead atoms. The van der Waals surface area contributed by atoms with E-state index in [0.717, 1.165) is 11.0 Å². The van der Waals surface area contributed by atoms with Gasteiger partial charge in [0.2, 0.25) is 0 Å². The molecule has 0 unspecified atom stereocenters. The number of nitrogens with zero attached hydrogens (tertiary/aromatic N) is 6. The summed E-state index contributed by atoms with van der Waals surface area (Å²) in [5.41, 5.74) is 4.65. The number of nitrogens with one attached hydrogen (secondary N) is 1. The Hall–Kier alpha value is -2.57. The van der Waals surface area contributed by atoms with Crippen LogP contribution in [0.5, 0.6) is 0 Å². The second kappa shape index (κ2) is 3.54. The Balaban J connectivity index is 2.01. The van der Waals surface area contributed by atoms with Crippen LogP contribution in [-0.2, 0) is 0 Å². The van der Waals surface area contributed by atoms with E-state index in [-0.39, 0.29) is 0 Å². The van der Waals surface area contributed by atoms with Crippen LogP contribution in [0.3, 0.4) is 0 Å². The maximum Gasteiger partial charge on any atom is 0.172 e. The average Bonchev–Trinajstić information content (AvgIpc) is 2.74. The Kier molecular flexibility index (Phi) is 1.93. The summed E-state index contributed by atoms with van der Waals surface area (Å²) in [5.74, 6) is 0.561. The molecule has 0 radical (unpaired) electrons. The summed E-state index contributed by atoms with van der Waals surface area (Å²) < 4.78 is 0. The smallest absolute Gasteiger partial charge is 0.172 e. The number of fused-ring (bicyclic) bond motifs is 1. The molecule has 78 valence electrons. The molecule has 7 heteroatoms. The van der Waals surface area contributed by atoms with E-state index in [2.05, 4.69) is 31.1 Å². The third-order valence-electron chi connectivity index (χ3n) is 2.08. The molecule has 0 saturated carbocycles. The van der Waals surface area contributed by atoms with E-state index in [4.69, 9.17) is 0 Å². The number of hydrogen-bond acceptors (Lipinski definition) is 6. The highest BCUT2D eigenvalue weighted by Crippen LogP contribution is 2.09. The Labute approximate surface area is 90.1 Å². The minimum atomic E-state index is 0.561. The molecule has 0 aliphatic heterocycles. The first kappa shape index (κ1) is 8.72. The zero-order valence-electron chi connectivity index (χ0n) is 8.15. The molecular weight excluding hydrogens is 206 g/mol. The van der Waals surface area contributed by atoms with E-state index in [1.807, 2.05) is 24.3 Å². The van der Waals surface area contributed by atoms with Crippen molar-refractivity contribution in [2.75, 3.05) is 5.43 Å². The molecule has 1 aromatic carbocycles. The fourth-order valence-electron chi connectivity index (χ4n) is 1.36. The molecule has 0 aliphatic carbocycles. The van der Waals surface area contributed by atoms with Crippen LogP contribution < -0.4 is 5.43 Å². The molecule has 0 amide bonds. The monoisotopic (exact) mass is 213 g/mol. The van der Waals surface area contributed by atoms with Gasteiger partial charge in [-0.25, -0.2) is 0 Å². The van der Waals surface area contributed by atoms with E-state index in [9.17, 15) is 0 Å². The highest BCUT2D eigenvalue weighted by Gasteiger charge is 2.03. The van der Waals surface area contributed by atoms with Gasteiger partial charge in [-0.1, -0.05) is 12.1 Å². The van der Waals surface area contributed by atoms with Crippen LogP contribution in [-0.4, -0.2) is 30.5 Å². The summed E-state index contributed by atoms with van der Waals surface area (Å²) in [4.78, 5) is 1.54. The van der Waals surface area contributed by atoms with Gasteiger partial charge >= 0.3 is 0 Å². The highest BCUT2D eigenvalue weighted by atomic mass is 15.6. The highest BCUT2D eigenvalue weighted by molar-refractivity contribution is 5.74. The summed E-state index contributed by atoms with van der Waals surface area (Å²) in [6.07, 6.45) is 1.55. The fraction of sp³-hybridized carbons (Fsp3) is 0. The quantitative estimate of drug-likeness (QED) is 0.667. The van der Waals surface area contributed by atoms with Gasteiger partial charge in [0.25, 0.3) is 0 Å². The molecule has 0 saturated heterocycles. The van der Waals surface area contributed by atoms with Gasteiger partial charge in [-0.15, -0.1) is 15.3 Å². The van der Waals surface area contributed by atoms with Gasteiger partial charge in [-0.2, -0.15) is 4.79 Å². The van der Waals surface area contributed by atoms with Crippen molar-refractivity contribution in [1.29, 1.82) is 0 Å². The van der Waals surface area contributed by atoms with E-state index >= 15 is 0 Å². The standard InChI is InChI=1S/C9H7N7/c1-2-4-8-7(3-1)11-15-16(8)13-9-5-6-10-14-12-9/h1-6H,(H,10,12,13). The molecule has 16 heavy (non-hydrogen) atoms. The number of rotatable bonds is 2. The second-order valence-corrected chi connectivity index (χ2v) is 3.11. The largest absolute Gasteiger partial charge is 0.258 e. The SMILES string of the molecule is c1ccc2c(c1)nnn2Nc1ccnnn1. The van der Waals surface area contributed by atoms with Crippen molar-refractivity contribution in [3.8, 4) is 0 Å². The van der Waals surface area contributed by atoms with Crippen LogP contribution in [0.4, 0.5) is 5.82 Å². The molecule has 0 fully saturated rings. The van der Waals surface area contributed by atoms with Gasteiger partial charge < -0.3 is 0 Å². The van der Waals surface area contributed by atoms with Crippen molar-refractivity contribution in [3.63, 3.8) is 0 Å². The predicted molar refractivity (Wildman–Crippen MR) is 56.4 cm³/mol. The molecule has 1 N–H and O–H groups in total. The summed E-state index contributed by atoms with van der Waals surface area (Å²) >= 11 is 0. The van der Waals surface area contributed by atoms with Crippen LogP contribution in [0.25, 0.3) is 11.0 Å². The number of aromatic nitrogens is 6. The lowest BCUT2D eigenvalue weighted by Crippen LogP contribution is -2.12. The lowest BCUT2D eigenvalue weighted by molar-refractivity contribution is 0.747. The van der Waals surface area contributed by atoms with Crippen LogP contribution >= 0.6 is 0 Å². The minimum Gasteiger partial charge on any atom is -0.258 e. The Morgan fingerprint density at radius 1 is 1.06 bits per heavy atom. The van der Waals surface area contributed by atoms with Crippen molar-refractivity contribution in [2.45, 2.75) is 0 Å². The molecule has 7 nitrogen and oxygen atoms in total. The molecule has 2 aromatic heterocycles. The summed E-state index contributed by atoms with van der Waals surface area (Å²) in [6, 6.07) is 9.33.